The number of rotatable bonds is 5. The van der Waals surface area contributed by atoms with Crippen LogP contribution >= 0.6 is 23.6 Å². The molecule has 0 aromatic carbocycles. The van der Waals surface area contributed by atoms with E-state index in [0.29, 0.717) is 28.0 Å². The minimum absolute atomic E-state index is 0.297. The smallest absolute Gasteiger partial charge is 0.276 e. The molecule has 2 N–H and O–H groups in total. The molecule has 25 heavy (non-hydrogen) atoms. The number of hydrogen-bond donors (Lipinski definition) is 2. The normalized spacial score (nSPS) is 10.6. The average Bonchev–Trinajstić information content (AvgIpc) is 3.11. The molecule has 9 heteroatoms. The molecule has 3 rings (SSSR count). The van der Waals surface area contributed by atoms with E-state index in [-0.39, 0.29) is 5.91 Å². The average molecular weight is 372 g/mol. The van der Waals surface area contributed by atoms with Gasteiger partial charge in [0, 0.05) is 12.2 Å². The summed E-state index contributed by atoms with van der Waals surface area (Å²) < 4.78 is 2.34. The number of hydrogen-bond acceptors (Lipinski definition) is 6. The second kappa shape index (κ2) is 7.08. The van der Waals surface area contributed by atoms with Crippen LogP contribution < -0.4 is 5.32 Å². The number of pyridine rings is 1. The minimum atomic E-state index is -0.297. The Labute approximate surface area is 153 Å². The summed E-state index contributed by atoms with van der Waals surface area (Å²) >= 11 is 6.58. The molecule has 128 valence electrons. The molecule has 0 aliphatic carbocycles. The Bertz CT molecular complexity index is 1000. The third-order valence-electron chi connectivity index (χ3n) is 3.41. The molecule has 0 radical (unpaired) electrons. The molecule has 0 aliphatic heterocycles. The number of anilines is 1. The van der Waals surface area contributed by atoms with Crippen molar-refractivity contribution in [1.29, 1.82) is 0 Å². The van der Waals surface area contributed by atoms with Crippen LogP contribution in [0.4, 0.5) is 5.13 Å². The number of nitrogens with zero attached hydrogens (tertiary/aromatic N) is 4. The van der Waals surface area contributed by atoms with Gasteiger partial charge in [-0.3, -0.25) is 19.8 Å². The standard InChI is InChI=1S/C16H16N6OS2/c1-4-8-22-13(20-21-16(22)24)12-10(3)18-15(25-12)19-14(23)11-7-5-6-9(2)17-11/h4-7H,1,8H2,2-3H3,(H,21,24)(H,18,19,23). The Morgan fingerprint density at radius 1 is 1.44 bits per heavy atom. The van der Waals surface area contributed by atoms with Gasteiger partial charge in [0.2, 0.25) is 0 Å². The second-order valence-electron chi connectivity index (χ2n) is 5.30. The molecule has 0 fully saturated rings. The van der Waals surface area contributed by atoms with Gasteiger partial charge in [-0.2, -0.15) is 5.10 Å². The van der Waals surface area contributed by atoms with Gasteiger partial charge in [0.05, 0.1) is 10.6 Å². The van der Waals surface area contributed by atoms with Crippen molar-refractivity contribution in [3.8, 4) is 10.7 Å². The van der Waals surface area contributed by atoms with Crippen molar-refractivity contribution in [3.05, 3.63) is 52.7 Å². The predicted octanol–water partition coefficient (Wildman–Crippen LogP) is 3.51. The minimum Gasteiger partial charge on any atom is -0.296 e. The highest BCUT2D eigenvalue weighted by molar-refractivity contribution is 7.71. The fraction of sp³-hybridized carbons (Fsp3) is 0.188. The van der Waals surface area contributed by atoms with Crippen LogP contribution in [0.25, 0.3) is 10.7 Å². The second-order valence-corrected chi connectivity index (χ2v) is 6.69. The molecule has 0 atom stereocenters. The summed E-state index contributed by atoms with van der Waals surface area (Å²) in [6.45, 7) is 7.97. The maximum atomic E-state index is 12.3. The van der Waals surface area contributed by atoms with Gasteiger partial charge in [-0.15, -0.1) is 6.58 Å². The number of allylic oxidation sites excluding steroid dienone is 1. The molecule has 1 amide bonds. The van der Waals surface area contributed by atoms with Crippen molar-refractivity contribution < 1.29 is 4.79 Å². The molecule has 3 heterocycles. The molecule has 3 aromatic heterocycles. The molecule has 0 unspecified atom stereocenters. The molecule has 0 aliphatic rings. The molecule has 0 bridgehead atoms. The van der Waals surface area contributed by atoms with Gasteiger partial charge in [0.1, 0.15) is 5.69 Å². The van der Waals surface area contributed by atoms with E-state index in [2.05, 4.69) is 32.1 Å². The Morgan fingerprint density at radius 2 is 2.24 bits per heavy atom. The van der Waals surface area contributed by atoms with E-state index in [1.807, 2.05) is 24.5 Å². The Kier molecular flexibility index (Phi) is 4.86. The Hall–Kier alpha value is -2.65. The van der Waals surface area contributed by atoms with E-state index < -0.39 is 0 Å². The first-order valence-electron chi connectivity index (χ1n) is 7.48. The number of aromatic amines is 1. The fourth-order valence-electron chi connectivity index (χ4n) is 2.28. The van der Waals surface area contributed by atoms with E-state index in [1.54, 1.807) is 18.2 Å². The number of amides is 1. The van der Waals surface area contributed by atoms with E-state index in [9.17, 15) is 4.79 Å². The van der Waals surface area contributed by atoms with Crippen molar-refractivity contribution in [2.75, 3.05) is 5.32 Å². The largest absolute Gasteiger partial charge is 0.296 e. The number of aromatic nitrogens is 5. The van der Waals surface area contributed by atoms with Gasteiger partial charge in [-0.1, -0.05) is 23.5 Å². The Morgan fingerprint density at radius 3 is 2.96 bits per heavy atom. The van der Waals surface area contributed by atoms with E-state index >= 15 is 0 Å². The topological polar surface area (TPSA) is 88.5 Å². The van der Waals surface area contributed by atoms with Crippen molar-refractivity contribution in [2.24, 2.45) is 0 Å². The molecule has 3 aromatic rings. The van der Waals surface area contributed by atoms with Crippen LogP contribution in [0.1, 0.15) is 21.9 Å². The van der Waals surface area contributed by atoms with Gasteiger partial charge >= 0.3 is 0 Å². The van der Waals surface area contributed by atoms with E-state index in [4.69, 9.17) is 12.2 Å². The van der Waals surface area contributed by atoms with Crippen LogP contribution in [-0.4, -0.2) is 30.6 Å². The summed E-state index contributed by atoms with van der Waals surface area (Å²) in [6.07, 6.45) is 1.75. The number of carbonyl (C=O) groups excluding carboxylic acids is 1. The van der Waals surface area contributed by atoms with Crippen LogP contribution in [0.3, 0.4) is 0 Å². The first-order chi connectivity index (χ1) is 12.0. The summed E-state index contributed by atoms with van der Waals surface area (Å²) in [5, 5.41) is 10.3. The molecule has 0 saturated carbocycles. The number of nitrogens with one attached hydrogen (secondary N) is 2. The summed E-state index contributed by atoms with van der Waals surface area (Å²) in [6, 6.07) is 5.30. The number of thiazole rings is 1. The van der Waals surface area contributed by atoms with Crippen LogP contribution in [-0.2, 0) is 6.54 Å². The third-order valence-corrected chi connectivity index (χ3v) is 4.79. The zero-order valence-corrected chi connectivity index (χ0v) is 15.4. The van der Waals surface area contributed by atoms with Crippen LogP contribution in [0.5, 0.6) is 0 Å². The lowest BCUT2D eigenvalue weighted by Crippen LogP contribution is -2.13. The van der Waals surface area contributed by atoms with Crippen molar-refractivity contribution in [3.63, 3.8) is 0 Å². The van der Waals surface area contributed by atoms with Gasteiger partial charge in [0.15, 0.2) is 15.7 Å². The van der Waals surface area contributed by atoms with Crippen LogP contribution in [0.2, 0.25) is 0 Å². The number of carbonyl (C=O) groups is 1. The van der Waals surface area contributed by atoms with Gasteiger partial charge in [-0.25, -0.2) is 9.97 Å². The Balaban J connectivity index is 1.89. The lowest BCUT2D eigenvalue weighted by atomic mass is 10.3. The monoisotopic (exact) mass is 372 g/mol. The lowest BCUT2D eigenvalue weighted by Gasteiger charge is -2.02. The number of aryl methyl sites for hydroxylation is 2. The van der Waals surface area contributed by atoms with Gasteiger partial charge in [0.25, 0.3) is 5.91 Å². The van der Waals surface area contributed by atoms with Crippen molar-refractivity contribution in [1.82, 2.24) is 24.7 Å². The number of H-pyrrole nitrogens is 1. The zero-order chi connectivity index (χ0) is 18.0. The summed E-state index contributed by atoms with van der Waals surface area (Å²) in [5.41, 5.74) is 1.89. The molecule has 0 spiro atoms. The first-order valence-corrected chi connectivity index (χ1v) is 8.71. The fourth-order valence-corrected chi connectivity index (χ4v) is 3.44. The highest BCUT2D eigenvalue weighted by atomic mass is 32.1. The van der Waals surface area contributed by atoms with Crippen molar-refractivity contribution in [2.45, 2.75) is 20.4 Å². The highest BCUT2D eigenvalue weighted by Gasteiger charge is 2.18. The zero-order valence-electron chi connectivity index (χ0n) is 13.7. The highest BCUT2D eigenvalue weighted by Crippen LogP contribution is 2.31. The van der Waals surface area contributed by atoms with Crippen LogP contribution in [0.15, 0.2) is 30.9 Å². The van der Waals surface area contributed by atoms with E-state index in [1.165, 1.54) is 11.3 Å². The third kappa shape index (κ3) is 3.57. The molecular weight excluding hydrogens is 356 g/mol. The first kappa shape index (κ1) is 17.2. The summed E-state index contributed by atoms with van der Waals surface area (Å²) in [7, 11) is 0. The maximum Gasteiger partial charge on any atom is 0.276 e. The van der Waals surface area contributed by atoms with Crippen molar-refractivity contribution >= 4 is 34.6 Å². The lowest BCUT2D eigenvalue weighted by molar-refractivity contribution is 0.102. The molecular formula is C16H16N6OS2. The quantitative estimate of drug-likeness (QED) is 0.528. The molecule has 0 saturated heterocycles. The summed E-state index contributed by atoms with van der Waals surface area (Å²) in [4.78, 5) is 21.8. The SMILES string of the molecule is C=CCn1c(-c2sc(NC(=O)c3cccc(C)n3)nc2C)n[nH]c1=S. The summed E-state index contributed by atoms with van der Waals surface area (Å²) in [5.74, 6) is 0.378. The maximum absolute atomic E-state index is 12.3. The van der Waals surface area contributed by atoms with Crippen LogP contribution in [0, 0.1) is 18.6 Å². The van der Waals surface area contributed by atoms with Gasteiger partial charge in [-0.05, 0) is 38.2 Å². The molecule has 7 nitrogen and oxygen atoms in total. The van der Waals surface area contributed by atoms with E-state index in [0.717, 1.165) is 16.3 Å². The van der Waals surface area contributed by atoms with Gasteiger partial charge < -0.3 is 0 Å². The predicted molar refractivity (Wildman–Crippen MR) is 100 cm³/mol.